The fraction of sp³-hybridized carbons (Fsp3) is 1.00. The third-order valence-corrected chi connectivity index (χ3v) is 1.89. The summed E-state index contributed by atoms with van der Waals surface area (Å²) in [5.41, 5.74) is 0. The van der Waals surface area contributed by atoms with Gasteiger partial charge in [0.1, 0.15) is 0 Å². The smallest absolute Gasteiger partial charge is 0.0590 e. The van der Waals surface area contributed by atoms with E-state index in [9.17, 15) is 5.11 Å². The number of hydrogen-bond acceptors (Lipinski definition) is 3. The Kier molecular flexibility index (Phi) is 20.8. The quantitative estimate of drug-likeness (QED) is 0.721. The van der Waals surface area contributed by atoms with Gasteiger partial charge in [0.25, 0.3) is 0 Å². The standard InChI is InChI=1S/C8H18O2.C3H8O.Zr/c1-3-5-8(10)7(4-2)6-9;1-3(2)4;/h7-10H,3-6H2,1-2H3;3-4H,1-2H3;. The SMILES string of the molecule is CC(C)O.CCCC(O)C(CC)CO.[Zr]. The van der Waals surface area contributed by atoms with Crippen molar-refractivity contribution in [3.05, 3.63) is 0 Å². The van der Waals surface area contributed by atoms with Crippen molar-refractivity contribution in [3.8, 4) is 0 Å². The van der Waals surface area contributed by atoms with Crippen molar-refractivity contribution in [3.63, 3.8) is 0 Å². The molecule has 0 aliphatic carbocycles. The van der Waals surface area contributed by atoms with Crippen LogP contribution in [0.25, 0.3) is 0 Å². The minimum atomic E-state index is -0.306. The zero-order valence-corrected chi connectivity index (χ0v) is 12.9. The van der Waals surface area contributed by atoms with Gasteiger partial charge in [-0.05, 0) is 26.7 Å². The van der Waals surface area contributed by atoms with Crippen LogP contribution < -0.4 is 0 Å². The van der Waals surface area contributed by atoms with Crippen LogP contribution in [0.3, 0.4) is 0 Å². The second-order valence-corrected chi connectivity index (χ2v) is 3.80. The molecule has 2 unspecified atom stereocenters. The second kappa shape index (κ2) is 14.8. The largest absolute Gasteiger partial charge is 0.396 e. The summed E-state index contributed by atoms with van der Waals surface area (Å²) in [4.78, 5) is 0. The van der Waals surface area contributed by atoms with Crippen LogP contribution in [0.5, 0.6) is 0 Å². The molecule has 0 aliphatic rings. The van der Waals surface area contributed by atoms with E-state index >= 15 is 0 Å². The van der Waals surface area contributed by atoms with Gasteiger partial charge in [0.05, 0.1) is 6.10 Å². The summed E-state index contributed by atoms with van der Waals surface area (Å²) in [5.74, 6) is 0.0833. The van der Waals surface area contributed by atoms with E-state index in [2.05, 4.69) is 0 Å². The first-order chi connectivity index (χ1) is 6.49. The molecule has 4 heteroatoms. The van der Waals surface area contributed by atoms with Gasteiger partial charge in [0.2, 0.25) is 0 Å². The molecule has 0 amide bonds. The molecule has 0 fully saturated rings. The minimum Gasteiger partial charge on any atom is -0.396 e. The fourth-order valence-electron chi connectivity index (χ4n) is 1.05. The Morgan fingerprint density at radius 1 is 1.07 bits per heavy atom. The molecule has 0 rings (SSSR count). The van der Waals surface area contributed by atoms with E-state index in [1.54, 1.807) is 13.8 Å². The summed E-state index contributed by atoms with van der Waals surface area (Å²) < 4.78 is 0. The summed E-state index contributed by atoms with van der Waals surface area (Å²) in [5, 5.41) is 26.2. The van der Waals surface area contributed by atoms with Crippen LogP contribution in [-0.4, -0.2) is 34.1 Å². The van der Waals surface area contributed by atoms with Crippen LogP contribution in [0.2, 0.25) is 0 Å². The molecule has 2 atom stereocenters. The van der Waals surface area contributed by atoms with Crippen LogP contribution >= 0.6 is 0 Å². The van der Waals surface area contributed by atoms with Gasteiger partial charge < -0.3 is 15.3 Å². The first kappa shape index (κ1) is 21.1. The molecule has 92 valence electrons. The molecule has 3 N–H and O–H groups in total. The predicted octanol–water partition coefficient (Wildman–Crippen LogP) is 1.55. The maximum Gasteiger partial charge on any atom is 0.0590 e. The molecular weight excluding hydrogens is 271 g/mol. The molecule has 0 aliphatic heterocycles. The Morgan fingerprint density at radius 2 is 1.47 bits per heavy atom. The van der Waals surface area contributed by atoms with Crippen molar-refractivity contribution in [2.45, 2.75) is 59.2 Å². The molecule has 0 saturated carbocycles. The summed E-state index contributed by atoms with van der Waals surface area (Å²) in [6.45, 7) is 7.57. The van der Waals surface area contributed by atoms with Crippen LogP contribution in [0.4, 0.5) is 0 Å². The van der Waals surface area contributed by atoms with E-state index < -0.39 is 0 Å². The second-order valence-electron chi connectivity index (χ2n) is 3.80. The van der Waals surface area contributed by atoms with Gasteiger partial charge in [-0.25, -0.2) is 0 Å². The summed E-state index contributed by atoms with van der Waals surface area (Å²) in [6.07, 6.45) is 2.17. The van der Waals surface area contributed by atoms with Crippen LogP contribution in [0.1, 0.15) is 47.0 Å². The summed E-state index contributed by atoms with van der Waals surface area (Å²) in [7, 11) is 0. The van der Waals surface area contributed by atoms with Crippen LogP contribution in [-0.2, 0) is 26.2 Å². The summed E-state index contributed by atoms with van der Waals surface area (Å²) in [6, 6.07) is 0. The maximum atomic E-state index is 9.35. The number of hydrogen-bond donors (Lipinski definition) is 3. The fourth-order valence-corrected chi connectivity index (χ4v) is 1.05. The van der Waals surface area contributed by atoms with E-state index in [0.717, 1.165) is 19.3 Å². The Balaban J connectivity index is -0.000000249. The molecule has 0 aromatic carbocycles. The maximum absolute atomic E-state index is 9.35. The monoisotopic (exact) mass is 296 g/mol. The average molecular weight is 298 g/mol. The zero-order chi connectivity index (χ0) is 11.6. The third-order valence-electron chi connectivity index (χ3n) is 1.89. The van der Waals surface area contributed by atoms with Gasteiger partial charge in [0.15, 0.2) is 0 Å². The van der Waals surface area contributed by atoms with Gasteiger partial charge in [-0.1, -0.05) is 20.3 Å². The summed E-state index contributed by atoms with van der Waals surface area (Å²) >= 11 is 0. The Hall–Kier alpha value is 0.763. The van der Waals surface area contributed by atoms with E-state index in [0.29, 0.717) is 0 Å². The van der Waals surface area contributed by atoms with Gasteiger partial charge in [-0.2, -0.15) is 0 Å². The average Bonchev–Trinajstić information content (AvgIpc) is 2.06. The van der Waals surface area contributed by atoms with Crippen molar-refractivity contribution >= 4 is 0 Å². The molecule has 0 spiro atoms. The van der Waals surface area contributed by atoms with E-state index in [4.69, 9.17) is 10.2 Å². The van der Waals surface area contributed by atoms with E-state index in [1.165, 1.54) is 0 Å². The van der Waals surface area contributed by atoms with E-state index in [-0.39, 0.29) is 50.9 Å². The number of aliphatic hydroxyl groups is 3. The normalized spacial score (nSPS) is 13.6. The molecule has 0 aromatic rings. The predicted molar refractivity (Wildman–Crippen MR) is 59.1 cm³/mol. The van der Waals surface area contributed by atoms with Gasteiger partial charge >= 0.3 is 0 Å². The van der Waals surface area contributed by atoms with Crippen molar-refractivity contribution in [1.29, 1.82) is 0 Å². The van der Waals surface area contributed by atoms with Crippen LogP contribution in [0.15, 0.2) is 0 Å². The Morgan fingerprint density at radius 3 is 1.67 bits per heavy atom. The topological polar surface area (TPSA) is 60.7 Å². The molecule has 0 saturated heterocycles. The van der Waals surface area contributed by atoms with E-state index in [1.807, 2.05) is 13.8 Å². The van der Waals surface area contributed by atoms with Crippen molar-refractivity contribution < 1.29 is 41.5 Å². The Bertz CT molecular complexity index is 103. The number of rotatable bonds is 5. The molecule has 0 radical (unpaired) electrons. The molecule has 3 nitrogen and oxygen atoms in total. The van der Waals surface area contributed by atoms with Crippen LogP contribution in [0, 0.1) is 5.92 Å². The molecule has 15 heavy (non-hydrogen) atoms. The Labute approximate surface area is 113 Å². The van der Waals surface area contributed by atoms with Crippen molar-refractivity contribution in [1.82, 2.24) is 0 Å². The zero-order valence-electron chi connectivity index (χ0n) is 10.4. The minimum absolute atomic E-state index is 0. The molecule has 0 aromatic heterocycles. The third kappa shape index (κ3) is 17.4. The first-order valence-corrected chi connectivity index (χ1v) is 5.46. The van der Waals surface area contributed by atoms with Gasteiger partial charge in [-0.15, -0.1) is 0 Å². The molecule has 0 bridgehead atoms. The first-order valence-electron chi connectivity index (χ1n) is 5.46. The van der Waals surface area contributed by atoms with Gasteiger partial charge in [0, 0.05) is 44.8 Å². The number of aliphatic hydroxyl groups excluding tert-OH is 3. The van der Waals surface area contributed by atoms with Crippen molar-refractivity contribution in [2.75, 3.05) is 6.61 Å². The van der Waals surface area contributed by atoms with Crippen molar-refractivity contribution in [2.24, 2.45) is 5.92 Å². The molecule has 0 heterocycles. The van der Waals surface area contributed by atoms with Gasteiger partial charge in [-0.3, -0.25) is 0 Å². The molecular formula is C11H26O3Zr.